The number of aromatic hydroxyl groups is 1. The predicted molar refractivity (Wildman–Crippen MR) is 111 cm³/mol. The normalized spacial score (nSPS) is 11.3. The van der Waals surface area contributed by atoms with Crippen LogP contribution in [0.15, 0.2) is 45.6 Å². The van der Waals surface area contributed by atoms with E-state index in [1.165, 1.54) is 13.2 Å². The highest BCUT2D eigenvalue weighted by Gasteiger charge is 2.23. The van der Waals surface area contributed by atoms with E-state index in [0.717, 1.165) is 5.56 Å². The Labute approximate surface area is 169 Å². The maximum atomic E-state index is 13.0. The molecule has 1 heterocycles. The zero-order chi connectivity index (χ0) is 21.1. The van der Waals surface area contributed by atoms with E-state index in [9.17, 15) is 9.90 Å². The van der Waals surface area contributed by atoms with Gasteiger partial charge in [0.05, 0.1) is 19.3 Å². The molecular formula is C23H26O6. The van der Waals surface area contributed by atoms with Crippen molar-refractivity contribution >= 4 is 11.0 Å². The van der Waals surface area contributed by atoms with Crippen molar-refractivity contribution in [3.8, 4) is 23.0 Å². The molecule has 0 aliphatic rings. The number of hydrogen-bond donors (Lipinski definition) is 1. The largest absolute Gasteiger partial charge is 0.508 e. The molecule has 0 spiro atoms. The maximum absolute atomic E-state index is 13.0. The van der Waals surface area contributed by atoms with Crippen molar-refractivity contribution in [1.82, 2.24) is 0 Å². The van der Waals surface area contributed by atoms with E-state index in [1.54, 1.807) is 30.3 Å². The third-order valence-electron chi connectivity index (χ3n) is 4.18. The van der Waals surface area contributed by atoms with Crippen LogP contribution in [0.25, 0.3) is 11.0 Å². The van der Waals surface area contributed by atoms with Crippen molar-refractivity contribution in [3.05, 3.63) is 57.9 Å². The van der Waals surface area contributed by atoms with Crippen molar-refractivity contribution in [3.63, 3.8) is 0 Å². The molecule has 1 aromatic heterocycles. The molecule has 0 radical (unpaired) electrons. The summed E-state index contributed by atoms with van der Waals surface area (Å²) < 4.78 is 23.4. The number of phenols is 1. The third kappa shape index (κ3) is 4.65. The van der Waals surface area contributed by atoms with Crippen LogP contribution in [0, 0.1) is 0 Å². The molecule has 0 atom stereocenters. The molecule has 154 valence electrons. The van der Waals surface area contributed by atoms with E-state index in [1.807, 2.05) is 27.7 Å². The number of hydrogen-bond acceptors (Lipinski definition) is 6. The Morgan fingerprint density at radius 1 is 0.966 bits per heavy atom. The molecule has 3 aromatic rings. The van der Waals surface area contributed by atoms with Gasteiger partial charge in [-0.2, -0.15) is 0 Å². The topological polar surface area (TPSA) is 78.1 Å². The Balaban J connectivity index is 2.18. The van der Waals surface area contributed by atoms with Crippen molar-refractivity contribution < 1.29 is 23.7 Å². The van der Waals surface area contributed by atoms with Gasteiger partial charge in [0.2, 0.25) is 5.75 Å². The van der Waals surface area contributed by atoms with Gasteiger partial charge in [0.1, 0.15) is 22.5 Å². The first-order valence-corrected chi connectivity index (χ1v) is 9.57. The molecule has 0 saturated carbocycles. The highest BCUT2D eigenvalue weighted by atomic mass is 16.5. The minimum atomic E-state index is -0.218. The molecule has 0 unspecified atom stereocenters. The van der Waals surface area contributed by atoms with Crippen molar-refractivity contribution in [2.45, 2.75) is 46.3 Å². The predicted octanol–water partition coefficient (Wildman–Crippen LogP) is 4.67. The maximum Gasteiger partial charge on any atom is 0.204 e. The van der Waals surface area contributed by atoms with Crippen LogP contribution in [0.4, 0.5) is 0 Å². The summed E-state index contributed by atoms with van der Waals surface area (Å²) in [6.07, 6.45) is 0.149. The quantitative estimate of drug-likeness (QED) is 0.623. The van der Waals surface area contributed by atoms with Crippen LogP contribution in [-0.2, 0) is 6.42 Å². The lowest BCUT2D eigenvalue weighted by Gasteiger charge is -2.20. The molecule has 0 bridgehead atoms. The zero-order valence-corrected chi connectivity index (χ0v) is 17.3. The Morgan fingerprint density at radius 2 is 1.62 bits per heavy atom. The van der Waals surface area contributed by atoms with Crippen molar-refractivity contribution in [2.75, 3.05) is 7.11 Å². The average Bonchev–Trinajstić information content (AvgIpc) is 2.62. The van der Waals surface area contributed by atoms with Crippen LogP contribution in [0.5, 0.6) is 23.0 Å². The molecule has 6 nitrogen and oxygen atoms in total. The molecule has 0 amide bonds. The van der Waals surface area contributed by atoms with E-state index in [-0.39, 0.29) is 23.4 Å². The Hall–Kier alpha value is -3.15. The lowest BCUT2D eigenvalue weighted by molar-refractivity contribution is 0.210. The summed E-state index contributed by atoms with van der Waals surface area (Å²) in [5.41, 5.74) is 1.07. The molecule has 0 saturated heterocycles. The van der Waals surface area contributed by atoms with E-state index in [0.29, 0.717) is 40.4 Å². The molecule has 1 N–H and O–H groups in total. The summed E-state index contributed by atoms with van der Waals surface area (Å²) in [5, 5.41) is 9.77. The van der Waals surface area contributed by atoms with Crippen LogP contribution in [-0.4, -0.2) is 24.4 Å². The minimum absolute atomic E-state index is 0.0971. The molecule has 6 heteroatoms. The Kier molecular flexibility index (Phi) is 6.01. The molecule has 3 rings (SSSR count). The van der Waals surface area contributed by atoms with E-state index in [2.05, 4.69) is 0 Å². The molecular weight excluding hydrogens is 372 g/mol. The lowest BCUT2D eigenvalue weighted by Crippen LogP contribution is -2.13. The molecule has 0 fully saturated rings. The fraction of sp³-hybridized carbons (Fsp3) is 0.348. The molecule has 0 aliphatic carbocycles. The molecule has 2 aromatic carbocycles. The summed E-state index contributed by atoms with van der Waals surface area (Å²) in [7, 11) is 1.52. The number of ether oxygens (including phenoxy) is 3. The zero-order valence-electron chi connectivity index (χ0n) is 17.3. The summed E-state index contributed by atoms with van der Waals surface area (Å²) >= 11 is 0. The fourth-order valence-electron chi connectivity index (χ4n) is 3.08. The van der Waals surface area contributed by atoms with Crippen LogP contribution in [0.1, 0.15) is 39.0 Å². The summed E-state index contributed by atoms with van der Waals surface area (Å²) in [5.74, 6) is 1.84. The molecule has 0 aliphatic heterocycles. The van der Waals surface area contributed by atoms with Gasteiger partial charge in [0, 0.05) is 18.6 Å². The number of phenolic OH excluding ortho intramolecular Hbond substituents is 1. The SMILES string of the molecule is COc1c(OC(C)C)cc2oc(Cc3ccc(O)cc3)cc(=O)c2c1OC(C)C. The van der Waals surface area contributed by atoms with Gasteiger partial charge in [0.15, 0.2) is 16.9 Å². The summed E-state index contributed by atoms with van der Waals surface area (Å²) in [6, 6.07) is 9.90. The number of benzene rings is 2. The number of methoxy groups -OCH3 is 1. The summed E-state index contributed by atoms with van der Waals surface area (Å²) in [4.78, 5) is 13.0. The number of fused-ring (bicyclic) bond motifs is 1. The first-order chi connectivity index (χ1) is 13.8. The summed E-state index contributed by atoms with van der Waals surface area (Å²) in [6.45, 7) is 7.57. The number of rotatable bonds is 7. The van der Waals surface area contributed by atoms with Gasteiger partial charge in [-0.05, 0) is 45.4 Å². The van der Waals surface area contributed by atoms with E-state index in [4.69, 9.17) is 18.6 Å². The average molecular weight is 398 g/mol. The standard InChI is InChI=1S/C23H26O6/c1-13(2)27-20-12-19-21(23(22(20)26-5)28-14(3)4)18(25)11-17(29-19)10-15-6-8-16(24)9-7-15/h6-9,11-14,24H,10H2,1-5H3. The molecule has 29 heavy (non-hydrogen) atoms. The fourth-order valence-corrected chi connectivity index (χ4v) is 3.08. The van der Waals surface area contributed by atoms with E-state index >= 15 is 0 Å². The van der Waals surface area contributed by atoms with Crippen LogP contribution in [0.2, 0.25) is 0 Å². The monoisotopic (exact) mass is 398 g/mol. The van der Waals surface area contributed by atoms with Gasteiger partial charge in [-0.3, -0.25) is 4.79 Å². The Morgan fingerprint density at radius 3 is 2.21 bits per heavy atom. The first-order valence-electron chi connectivity index (χ1n) is 9.57. The lowest BCUT2D eigenvalue weighted by atomic mass is 10.1. The van der Waals surface area contributed by atoms with Gasteiger partial charge in [-0.15, -0.1) is 0 Å². The third-order valence-corrected chi connectivity index (χ3v) is 4.18. The van der Waals surface area contributed by atoms with Crippen LogP contribution < -0.4 is 19.6 Å². The van der Waals surface area contributed by atoms with Gasteiger partial charge in [-0.1, -0.05) is 12.1 Å². The van der Waals surface area contributed by atoms with Crippen molar-refractivity contribution in [2.24, 2.45) is 0 Å². The van der Waals surface area contributed by atoms with Gasteiger partial charge in [0.25, 0.3) is 0 Å². The minimum Gasteiger partial charge on any atom is -0.508 e. The van der Waals surface area contributed by atoms with E-state index < -0.39 is 0 Å². The van der Waals surface area contributed by atoms with Gasteiger partial charge < -0.3 is 23.7 Å². The second kappa shape index (κ2) is 8.47. The van der Waals surface area contributed by atoms with Gasteiger partial charge >= 0.3 is 0 Å². The van der Waals surface area contributed by atoms with Crippen LogP contribution in [0.3, 0.4) is 0 Å². The second-order valence-corrected chi connectivity index (χ2v) is 7.36. The highest BCUT2D eigenvalue weighted by molar-refractivity contribution is 5.89. The van der Waals surface area contributed by atoms with Crippen LogP contribution >= 0.6 is 0 Å². The first kappa shape index (κ1) is 20.6. The van der Waals surface area contributed by atoms with Gasteiger partial charge in [-0.25, -0.2) is 0 Å². The Bertz CT molecular complexity index is 1050. The smallest absolute Gasteiger partial charge is 0.204 e. The van der Waals surface area contributed by atoms with Crippen molar-refractivity contribution in [1.29, 1.82) is 0 Å². The highest BCUT2D eigenvalue weighted by Crippen LogP contribution is 2.43. The second-order valence-electron chi connectivity index (χ2n) is 7.36.